The van der Waals surface area contributed by atoms with Gasteiger partial charge in [-0.1, -0.05) is 11.6 Å². The van der Waals surface area contributed by atoms with Crippen LogP contribution in [0.1, 0.15) is 21.6 Å². The Morgan fingerprint density at radius 1 is 1.11 bits per heavy atom. The van der Waals surface area contributed by atoms with Gasteiger partial charge in [0.2, 0.25) is 0 Å². The van der Waals surface area contributed by atoms with Crippen LogP contribution in [-0.4, -0.2) is 87.8 Å². The molecule has 132 valence electrons. The fourth-order valence-corrected chi connectivity index (χ4v) is 3.07. The molecule has 1 aromatic heterocycles. The molecular formula is C19H18ClNNa2O4. The summed E-state index contributed by atoms with van der Waals surface area (Å²) in [5.41, 5.74) is 2.32. The van der Waals surface area contributed by atoms with E-state index in [0.717, 1.165) is 0 Å². The number of aromatic nitrogens is 1. The molecule has 0 atom stereocenters. The number of carboxylic acid groups (broad SMARTS) is 1. The Balaban J connectivity index is 0.00000182. The van der Waals surface area contributed by atoms with Crippen molar-refractivity contribution in [3.8, 4) is 5.75 Å². The normalized spacial score (nSPS) is 10.0. The molecule has 0 bridgehead atoms. The molecule has 3 rings (SSSR count). The van der Waals surface area contributed by atoms with Crippen molar-refractivity contribution in [3.63, 3.8) is 0 Å². The number of hydrogen-bond donors (Lipinski definition) is 1. The fraction of sp³-hybridized carbons (Fsp3) is 0.158. The first kappa shape index (κ1) is 24.2. The zero-order valence-electron chi connectivity index (χ0n) is 13.7. The molecule has 0 radical (unpaired) electrons. The standard InChI is InChI=1S/C19H16ClNO4.2Na.2H/c1-11-15(10-18(22)23)16-9-14(25-2)7-8-17(16)21(11)19(24)12-3-5-13(20)6-4-12;;;;/h3-9H,10H2,1-2H3,(H,22,23);;;;. The minimum absolute atomic E-state index is 0. The number of carbonyl (C=O) groups excluding carboxylic acids is 1. The van der Waals surface area contributed by atoms with Crippen LogP contribution in [0.25, 0.3) is 10.9 Å². The quantitative estimate of drug-likeness (QED) is 0.677. The summed E-state index contributed by atoms with van der Waals surface area (Å²) >= 11 is 5.89. The maximum absolute atomic E-state index is 13.0. The molecule has 27 heavy (non-hydrogen) atoms. The summed E-state index contributed by atoms with van der Waals surface area (Å²) in [5.74, 6) is -0.583. The number of nitrogens with zero attached hydrogens (tertiary/aromatic N) is 1. The van der Waals surface area contributed by atoms with Gasteiger partial charge in [-0.25, -0.2) is 0 Å². The third-order valence-corrected chi connectivity index (χ3v) is 4.42. The number of rotatable bonds is 4. The van der Waals surface area contributed by atoms with E-state index in [4.69, 9.17) is 16.3 Å². The van der Waals surface area contributed by atoms with Gasteiger partial charge in [0.25, 0.3) is 5.91 Å². The molecule has 2 aromatic carbocycles. The number of benzene rings is 2. The van der Waals surface area contributed by atoms with Gasteiger partial charge in [-0.05, 0) is 55.0 Å². The molecule has 1 N–H and O–H groups in total. The van der Waals surface area contributed by atoms with Crippen LogP contribution in [0.4, 0.5) is 0 Å². The summed E-state index contributed by atoms with van der Waals surface area (Å²) in [6, 6.07) is 11.9. The average Bonchev–Trinajstić information content (AvgIpc) is 2.86. The van der Waals surface area contributed by atoms with Crippen molar-refractivity contribution in [2.45, 2.75) is 13.3 Å². The van der Waals surface area contributed by atoms with Crippen LogP contribution in [0.3, 0.4) is 0 Å². The number of hydrogen-bond acceptors (Lipinski definition) is 3. The molecule has 0 aliphatic heterocycles. The van der Waals surface area contributed by atoms with Crippen molar-refractivity contribution in [1.82, 2.24) is 4.57 Å². The summed E-state index contributed by atoms with van der Waals surface area (Å²) in [5, 5.41) is 10.5. The molecule has 0 aliphatic rings. The molecule has 0 aliphatic carbocycles. The van der Waals surface area contributed by atoms with Gasteiger partial charge in [-0.2, -0.15) is 0 Å². The first-order chi connectivity index (χ1) is 11.9. The third-order valence-electron chi connectivity index (χ3n) is 4.16. The van der Waals surface area contributed by atoms with E-state index < -0.39 is 5.97 Å². The van der Waals surface area contributed by atoms with Gasteiger partial charge in [-0.15, -0.1) is 0 Å². The predicted molar refractivity (Wildman–Crippen MR) is 110 cm³/mol. The van der Waals surface area contributed by atoms with E-state index in [9.17, 15) is 14.7 Å². The second-order valence-electron chi connectivity index (χ2n) is 5.67. The SMILES string of the molecule is COc1ccc2c(c1)c(CC(=O)O)c(C)n2C(=O)c1ccc(Cl)cc1.[NaH].[NaH]. The van der Waals surface area contributed by atoms with E-state index in [1.54, 1.807) is 56.5 Å². The number of methoxy groups -OCH3 is 1. The first-order valence-electron chi connectivity index (χ1n) is 7.62. The van der Waals surface area contributed by atoms with Crippen LogP contribution in [0, 0.1) is 6.92 Å². The van der Waals surface area contributed by atoms with Crippen LogP contribution in [0.15, 0.2) is 42.5 Å². The Morgan fingerprint density at radius 2 is 1.74 bits per heavy atom. The Kier molecular flexibility index (Phi) is 9.09. The topological polar surface area (TPSA) is 68.5 Å². The summed E-state index contributed by atoms with van der Waals surface area (Å²) < 4.78 is 6.77. The molecule has 1 heterocycles. The first-order valence-corrected chi connectivity index (χ1v) is 8.00. The molecular weight excluding hydrogens is 388 g/mol. The molecule has 0 unspecified atom stereocenters. The van der Waals surface area contributed by atoms with Gasteiger partial charge in [0.1, 0.15) is 5.75 Å². The summed E-state index contributed by atoms with van der Waals surface area (Å²) in [6.45, 7) is 1.75. The van der Waals surface area contributed by atoms with Crippen molar-refractivity contribution in [2.24, 2.45) is 0 Å². The predicted octanol–water partition coefficient (Wildman–Crippen LogP) is 2.63. The molecule has 0 amide bonds. The Bertz CT molecular complexity index is 984. The molecule has 5 nitrogen and oxygen atoms in total. The molecule has 3 aromatic rings. The van der Waals surface area contributed by atoms with Crippen molar-refractivity contribution < 1.29 is 19.4 Å². The molecule has 0 fully saturated rings. The molecule has 0 saturated heterocycles. The molecule has 0 spiro atoms. The molecule has 8 heteroatoms. The van der Waals surface area contributed by atoms with Crippen molar-refractivity contribution in [3.05, 3.63) is 64.3 Å². The van der Waals surface area contributed by atoms with Gasteiger partial charge in [0.15, 0.2) is 0 Å². The van der Waals surface area contributed by atoms with Crippen molar-refractivity contribution in [2.75, 3.05) is 7.11 Å². The second-order valence-corrected chi connectivity index (χ2v) is 6.10. The van der Waals surface area contributed by atoms with Gasteiger partial charge in [-0.3, -0.25) is 14.2 Å². The third kappa shape index (κ3) is 4.98. The second kappa shape index (κ2) is 10.1. The number of carboxylic acids is 1. The van der Waals surface area contributed by atoms with Gasteiger partial charge in [0.05, 0.1) is 19.0 Å². The Labute approximate surface area is 206 Å². The molecule has 0 saturated carbocycles. The minimum atomic E-state index is -0.955. The van der Waals surface area contributed by atoms with E-state index in [-0.39, 0.29) is 71.4 Å². The van der Waals surface area contributed by atoms with Crippen molar-refractivity contribution in [1.29, 1.82) is 0 Å². The Hall–Kier alpha value is -0.790. The number of ether oxygens (including phenoxy) is 1. The summed E-state index contributed by atoms with van der Waals surface area (Å²) in [4.78, 5) is 24.3. The zero-order chi connectivity index (χ0) is 18.1. The van der Waals surface area contributed by atoms with E-state index in [1.807, 2.05) is 0 Å². The fourth-order valence-electron chi connectivity index (χ4n) is 2.95. The van der Waals surface area contributed by atoms with E-state index >= 15 is 0 Å². The van der Waals surface area contributed by atoms with E-state index in [1.165, 1.54) is 4.57 Å². The van der Waals surface area contributed by atoms with Gasteiger partial charge >= 0.3 is 65.1 Å². The van der Waals surface area contributed by atoms with Crippen LogP contribution in [-0.2, 0) is 11.2 Å². The van der Waals surface area contributed by atoms with Gasteiger partial charge in [0, 0.05) is 21.7 Å². The number of aliphatic carboxylic acids is 1. The van der Waals surface area contributed by atoms with Gasteiger partial charge < -0.3 is 9.84 Å². The zero-order valence-corrected chi connectivity index (χ0v) is 14.5. The monoisotopic (exact) mass is 405 g/mol. The average molecular weight is 406 g/mol. The Morgan fingerprint density at radius 3 is 2.30 bits per heavy atom. The van der Waals surface area contributed by atoms with Crippen LogP contribution in [0.2, 0.25) is 5.02 Å². The number of carbonyl (C=O) groups is 2. The summed E-state index contributed by atoms with van der Waals surface area (Å²) in [6.07, 6.45) is -0.170. The number of halogens is 1. The van der Waals surface area contributed by atoms with Crippen LogP contribution < -0.4 is 4.74 Å². The van der Waals surface area contributed by atoms with Crippen LogP contribution in [0.5, 0.6) is 5.75 Å². The van der Waals surface area contributed by atoms with Crippen LogP contribution >= 0.6 is 11.6 Å². The maximum atomic E-state index is 13.0. The van der Waals surface area contributed by atoms with E-state index in [2.05, 4.69) is 0 Å². The van der Waals surface area contributed by atoms with E-state index in [0.29, 0.717) is 38.5 Å². The number of fused-ring (bicyclic) bond motifs is 1. The van der Waals surface area contributed by atoms with Crippen molar-refractivity contribution >= 4 is 93.5 Å². The summed E-state index contributed by atoms with van der Waals surface area (Å²) in [7, 11) is 1.54.